The van der Waals surface area contributed by atoms with Crippen molar-refractivity contribution < 1.29 is 4.74 Å². The van der Waals surface area contributed by atoms with E-state index < -0.39 is 0 Å². The number of nitrogens with one attached hydrogen (secondary N) is 1. The molecule has 1 aromatic heterocycles. The number of likely N-dealkylation sites (N-methyl/N-ethyl adjacent to an activating group) is 1. The normalized spacial score (nSPS) is 29.4. The molecule has 4 rings (SSSR count). The standard InChI is InChI=1S/C17H20N2O/c1-3-17-13-6-5-7-14-16(13)12(11-18-14)10-15(17)19(4-2)8-9-20-17/h3,5-7,11,15,18H,1,4,8-10H2,2H3/t15-,17-/m1/s1. The third-order valence-corrected chi connectivity index (χ3v) is 4.99. The maximum absolute atomic E-state index is 6.29. The molecule has 2 atom stereocenters. The van der Waals surface area contributed by atoms with E-state index in [0.717, 1.165) is 26.1 Å². The number of aromatic amines is 1. The number of morpholine rings is 1. The maximum Gasteiger partial charge on any atom is 0.127 e. The van der Waals surface area contributed by atoms with Crippen molar-refractivity contribution in [3.05, 3.63) is 48.2 Å². The van der Waals surface area contributed by atoms with E-state index >= 15 is 0 Å². The first-order valence-corrected chi connectivity index (χ1v) is 7.41. The third-order valence-electron chi connectivity index (χ3n) is 4.99. The van der Waals surface area contributed by atoms with Crippen LogP contribution in [0.1, 0.15) is 18.1 Å². The molecule has 20 heavy (non-hydrogen) atoms. The number of H-pyrrole nitrogens is 1. The molecule has 2 aliphatic rings. The van der Waals surface area contributed by atoms with Crippen LogP contribution in [0.25, 0.3) is 10.9 Å². The van der Waals surface area contributed by atoms with Crippen molar-refractivity contribution in [1.82, 2.24) is 9.88 Å². The first kappa shape index (κ1) is 12.2. The Labute approximate surface area is 119 Å². The van der Waals surface area contributed by atoms with E-state index in [1.54, 1.807) is 0 Å². The van der Waals surface area contributed by atoms with Crippen LogP contribution < -0.4 is 0 Å². The lowest BCUT2D eigenvalue weighted by atomic mass is 9.74. The molecule has 0 saturated carbocycles. The highest BCUT2D eigenvalue weighted by Crippen LogP contribution is 2.46. The molecule has 0 radical (unpaired) electrons. The highest BCUT2D eigenvalue weighted by atomic mass is 16.5. The fraction of sp³-hybridized carbons (Fsp3) is 0.412. The Morgan fingerprint density at radius 2 is 2.45 bits per heavy atom. The maximum atomic E-state index is 6.29. The molecular weight excluding hydrogens is 248 g/mol. The Bertz CT molecular complexity index is 675. The van der Waals surface area contributed by atoms with Gasteiger partial charge in [-0.2, -0.15) is 0 Å². The average Bonchev–Trinajstić information content (AvgIpc) is 2.91. The molecule has 0 unspecified atom stereocenters. The molecule has 0 amide bonds. The molecule has 0 spiro atoms. The molecule has 1 N–H and O–H groups in total. The number of ether oxygens (including phenoxy) is 1. The molecule has 3 heteroatoms. The van der Waals surface area contributed by atoms with Gasteiger partial charge in [-0.3, -0.25) is 4.90 Å². The fourth-order valence-corrected chi connectivity index (χ4v) is 4.03. The van der Waals surface area contributed by atoms with Crippen LogP contribution in [0.3, 0.4) is 0 Å². The topological polar surface area (TPSA) is 28.3 Å². The highest BCUT2D eigenvalue weighted by Gasteiger charge is 2.48. The van der Waals surface area contributed by atoms with Crippen molar-refractivity contribution in [3.8, 4) is 0 Å². The average molecular weight is 268 g/mol. The fourth-order valence-electron chi connectivity index (χ4n) is 4.03. The predicted molar refractivity (Wildman–Crippen MR) is 80.9 cm³/mol. The minimum Gasteiger partial charge on any atom is -0.363 e. The van der Waals surface area contributed by atoms with Crippen LogP contribution in [0.2, 0.25) is 0 Å². The lowest BCUT2D eigenvalue weighted by molar-refractivity contribution is -0.124. The van der Waals surface area contributed by atoms with Crippen LogP contribution in [0, 0.1) is 0 Å². The van der Waals surface area contributed by atoms with Gasteiger partial charge in [0.25, 0.3) is 0 Å². The van der Waals surface area contributed by atoms with Crippen LogP contribution in [0.15, 0.2) is 37.1 Å². The summed E-state index contributed by atoms with van der Waals surface area (Å²) < 4.78 is 6.29. The molecule has 2 heterocycles. The van der Waals surface area contributed by atoms with Crippen molar-refractivity contribution in [2.75, 3.05) is 19.7 Å². The molecule has 1 aliphatic heterocycles. The summed E-state index contributed by atoms with van der Waals surface area (Å²) in [4.78, 5) is 5.92. The summed E-state index contributed by atoms with van der Waals surface area (Å²) in [6.07, 6.45) is 5.20. The van der Waals surface area contributed by atoms with E-state index in [1.807, 2.05) is 6.08 Å². The molecule has 3 nitrogen and oxygen atoms in total. The van der Waals surface area contributed by atoms with Crippen LogP contribution in [0.5, 0.6) is 0 Å². The molecule has 1 saturated heterocycles. The van der Waals surface area contributed by atoms with Gasteiger partial charge in [-0.15, -0.1) is 0 Å². The predicted octanol–water partition coefficient (Wildman–Crippen LogP) is 2.83. The Morgan fingerprint density at radius 3 is 3.25 bits per heavy atom. The number of rotatable bonds is 2. The molecule has 2 aromatic rings. The number of hydrogen-bond donors (Lipinski definition) is 1. The molecule has 104 valence electrons. The van der Waals surface area contributed by atoms with Gasteiger partial charge in [0.05, 0.1) is 12.6 Å². The number of hydrogen-bond acceptors (Lipinski definition) is 2. The largest absolute Gasteiger partial charge is 0.363 e. The van der Waals surface area contributed by atoms with E-state index in [4.69, 9.17) is 4.74 Å². The Hall–Kier alpha value is -1.58. The van der Waals surface area contributed by atoms with Gasteiger partial charge < -0.3 is 9.72 Å². The van der Waals surface area contributed by atoms with Crippen molar-refractivity contribution >= 4 is 10.9 Å². The van der Waals surface area contributed by atoms with Gasteiger partial charge in [0, 0.05) is 23.6 Å². The summed E-state index contributed by atoms with van der Waals surface area (Å²) in [5.74, 6) is 0. The summed E-state index contributed by atoms with van der Waals surface area (Å²) >= 11 is 0. The number of aromatic nitrogens is 1. The molecular formula is C17H20N2O. The Morgan fingerprint density at radius 1 is 1.55 bits per heavy atom. The van der Waals surface area contributed by atoms with Crippen LogP contribution in [-0.2, 0) is 16.8 Å². The number of fused-ring (bicyclic) bond motifs is 2. The van der Waals surface area contributed by atoms with Crippen molar-refractivity contribution in [1.29, 1.82) is 0 Å². The van der Waals surface area contributed by atoms with Gasteiger partial charge in [-0.05, 0) is 30.2 Å². The van der Waals surface area contributed by atoms with Gasteiger partial charge >= 0.3 is 0 Å². The summed E-state index contributed by atoms with van der Waals surface area (Å²) in [7, 11) is 0. The molecule has 0 bridgehead atoms. The lowest BCUT2D eigenvalue weighted by Gasteiger charge is -2.50. The molecule has 1 fully saturated rings. The van der Waals surface area contributed by atoms with Crippen LogP contribution in [0.4, 0.5) is 0 Å². The van der Waals surface area contributed by atoms with E-state index in [0.29, 0.717) is 6.04 Å². The zero-order valence-electron chi connectivity index (χ0n) is 11.9. The first-order valence-electron chi connectivity index (χ1n) is 7.41. The van der Waals surface area contributed by atoms with Gasteiger partial charge in [-0.25, -0.2) is 0 Å². The third kappa shape index (κ3) is 1.37. The van der Waals surface area contributed by atoms with E-state index in [-0.39, 0.29) is 5.60 Å². The molecule has 1 aromatic carbocycles. The van der Waals surface area contributed by atoms with Gasteiger partial charge in [0.15, 0.2) is 0 Å². The zero-order valence-corrected chi connectivity index (χ0v) is 11.9. The second-order valence-corrected chi connectivity index (χ2v) is 5.74. The Kier molecular flexibility index (Phi) is 2.56. The summed E-state index contributed by atoms with van der Waals surface area (Å²) in [6.45, 7) is 9.17. The lowest BCUT2D eigenvalue weighted by Crippen LogP contribution is -2.59. The van der Waals surface area contributed by atoms with Gasteiger partial charge in [0.1, 0.15) is 5.60 Å². The number of benzene rings is 1. The monoisotopic (exact) mass is 268 g/mol. The minimum atomic E-state index is -0.358. The van der Waals surface area contributed by atoms with Gasteiger partial charge in [0.2, 0.25) is 0 Å². The first-order chi connectivity index (χ1) is 9.80. The summed E-state index contributed by atoms with van der Waals surface area (Å²) in [5.41, 5.74) is 3.52. The SMILES string of the molecule is C=C[C@]12OCCN(CC)[C@@H]1Cc1c[nH]c3cccc2c13. The second kappa shape index (κ2) is 4.21. The van der Waals surface area contributed by atoms with Crippen LogP contribution >= 0.6 is 0 Å². The quantitative estimate of drug-likeness (QED) is 0.848. The van der Waals surface area contributed by atoms with E-state index in [1.165, 1.54) is 22.0 Å². The van der Waals surface area contributed by atoms with Crippen LogP contribution in [-0.4, -0.2) is 35.6 Å². The van der Waals surface area contributed by atoms with Gasteiger partial charge in [-0.1, -0.05) is 31.7 Å². The Balaban J connectivity index is 2.00. The van der Waals surface area contributed by atoms with Crippen molar-refractivity contribution in [2.45, 2.75) is 25.0 Å². The second-order valence-electron chi connectivity index (χ2n) is 5.74. The zero-order chi connectivity index (χ0) is 13.7. The number of nitrogens with zero attached hydrogens (tertiary/aromatic N) is 1. The summed E-state index contributed by atoms with van der Waals surface area (Å²) in [6, 6.07) is 6.81. The minimum absolute atomic E-state index is 0.354. The van der Waals surface area contributed by atoms with E-state index in [9.17, 15) is 0 Å². The smallest absolute Gasteiger partial charge is 0.127 e. The highest BCUT2D eigenvalue weighted by molar-refractivity contribution is 5.89. The molecule has 1 aliphatic carbocycles. The van der Waals surface area contributed by atoms with Crippen molar-refractivity contribution in [2.24, 2.45) is 0 Å². The van der Waals surface area contributed by atoms with E-state index in [2.05, 4.69) is 47.8 Å². The van der Waals surface area contributed by atoms with Crippen molar-refractivity contribution in [3.63, 3.8) is 0 Å². The summed E-state index contributed by atoms with van der Waals surface area (Å²) in [5, 5.41) is 1.33.